The smallest absolute Gasteiger partial charge is 0.268 e. The minimum Gasteiger partial charge on any atom is -0.343 e. The number of hydrogen-bond donors (Lipinski definition) is 1. The zero-order valence-corrected chi connectivity index (χ0v) is 16.0. The van der Waals surface area contributed by atoms with E-state index in [9.17, 15) is 18.4 Å². The lowest BCUT2D eigenvalue weighted by Gasteiger charge is -2.19. The maximum Gasteiger partial charge on any atom is 0.268 e. The van der Waals surface area contributed by atoms with Crippen LogP contribution in [-0.2, 0) is 4.79 Å². The molecule has 0 bridgehead atoms. The number of hydrogen-bond acceptors (Lipinski definition) is 4. The number of carbonyl (C=O) groups excluding carboxylic acids is 2. The van der Waals surface area contributed by atoms with Gasteiger partial charge >= 0.3 is 0 Å². The third kappa shape index (κ3) is 5.29. The fourth-order valence-electron chi connectivity index (χ4n) is 3.67. The molecular formula is C21H22F2N4O2. The van der Waals surface area contributed by atoms with Gasteiger partial charge in [0.1, 0.15) is 6.04 Å². The van der Waals surface area contributed by atoms with Crippen LogP contribution in [0.15, 0.2) is 18.5 Å². The number of nitrogens with one attached hydrogen (secondary N) is 1. The summed E-state index contributed by atoms with van der Waals surface area (Å²) < 4.78 is 27.0. The molecule has 3 rings (SSSR count). The van der Waals surface area contributed by atoms with Crippen LogP contribution in [0.3, 0.4) is 0 Å². The van der Waals surface area contributed by atoms with Crippen LogP contribution >= 0.6 is 0 Å². The summed E-state index contributed by atoms with van der Waals surface area (Å²) in [5.74, 6) is 2.19. The summed E-state index contributed by atoms with van der Waals surface area (Å²) in [6.45, 7) is -1.28. The van der Waals surface area contributed by atoms with Gasteiger partial charge in [-0.1, -0.05) is 31.1 Å². The van der Waals surface area contributed by atoms with E-state index in [0.717, 1.165) is 30.6 Å². The monoisotopic (exact) mass is 400 g/mol. The van der Waals surface area contributed by atoms with Gasteiger partial charge in [0.05, 0.1) is 30.3 Å². The first-order chi connectivity index (χ1) is 13.9. The average molecular weight is 400 g/mol. The van der Waals surface area contributed by atoms with Crippen molar-refractivity contribution in [2.75, 3.05) is 13.1 Å². The molecule has 29 heavy (non-hydrogen) atoms. The molecule has 8 heteroatoms. The molecule has 0 spiro atoms. The number of amides is 2. The van der Waals surface area contributed by atoms with Gasteiger partial charge in [0.25, 0.3) is 11.8 Å². The lowest BCUT2D eigenvalue weighted by atomic mass is 9.89. The summed E-state index contributed by atoms with van der Waals surface area (Å²) in [5.41, 5.74) is 0.741. The topological polar surface area (TPSA) is 86.1 Å². The first kappa shape index (κ1) is 20.7. The maximum atomic E-state index is 13.5. The van der Waals surface area contributed by atoms with Crippen LogP contribution in [0, 0.1) is 29.1 Å². The van der Waals surface area contributed by atoms with Gasteiger partial charge < -0.3 is 10.2 Å². The summed E-state index contributed by atoms with van der Waals surface area (Å²) in [6, 6.07) is 2.03. The summed E-state index contributed by atoms with van der Waals surface area (Å²) in [7, 11) is 0. The second-order valence-electron chi connectivity index (χ2n) is 7.43. The van der Waals surface area contributed by atoms with Crippen LogP contribution in [0.5, 0.6) is 0 Å². The standard InChI is InChI=1S/C21H22F2N4O2/c22-21(23)10-17(11-24)27(14-21)19(28)13-26-20(29)18-8-9-25-12-16(18)7-6-15-4-2-1-3-5-15/h8-9,12,15,17H,1-5,10,13-14H2,(H,26,29)/t17-/m0/s1. The van der Waals surface area contributed by atoms with Gasteiger partial charge in [-0.05, 0) is 18.9 Å². The number of nitriles is 1. The van der Waals surface area contributed by atoms with Gasteiger partial charge in [0, 0.05) is 24.7 Å². The van der Waals surface area contributed by atoms with E-state index in [0.29, 0.717) is 11.5 Å². The normalized spacial score (nSPS) is 21.0. The molecule has 1 aliphatic carbocycles. The van der Waals surface area contributed by atoms with Gasteiger partial charge in [-0.2, -0.15) is 5.26 Å². The lowest BCUT2D eigenvalue weighted by Crippen LogP contribution is -2.43. The largest absolute Gasteiger partial charge is 0.343 e. The average Bonchev–Trinajstić information content (AvgIpc) is 3.06. The second-order valence-corrected chi connectivity index (χ2v) is 7.43. The van der Waals surface area contributed by atoms with E-state index in [-0.39, 0.29) is 5.56 Å². The fourth-order valence-corrected chi connectivity index (χ4v) is 3.67. The highest BCUT2D eigenvalue weighted by Crippen LogP contribution is 2.31. The minimum absolute atomic E-state index is 0.277. The molecule has 0 radical (unpaired) electrons. The van der Waals surface area contributed by atoms with E-state index in [1.54, 1.807) is 6.07 Å². The van der Waals surface area contributed by atoms with Crippen LogP contribution in [0.25, 0.3) is 0 Å². The number of carbonyl (C=O) groups is 2. The highest BCUT2D eigenvalue weighted by atomic mass is 19.3. The number of rotatable bonds is 3. The Morgan fingerprint density at radius 1 is 1.31 bits per heavy atom. The molecule has 6 nitrogen and oxygen atoms in total. The highest BCUT2D eigenvalue weighted by molar-refractivity contribution is 5.98. The van der Waals surface area contributed by atoms with Crippen molar-refractivity contribution in [3.05, 3.63) is 29.6 Å². The predicted molar refractivity (Wildman–Crippen MR) is 101 cm³/mol. The fraction of sp³-hybridized carbons (Fsp3) is 0.524. The molecule has 1 N–H and O–H groups in total. The zero-order valence-electron chi connectivity index (χ0n) is 16.0. The molecule has 1 saturated carbocycles. The highest BCUT2D eigenvalue weighted by Gasteiger charge is 2.47. The molecule has 1 aromatic heterocycles. The minimum atomic E-state index is -3.09. The molecule has 2 fully saturated rings. The van der Waals surface area contributed by atoms with Gasteiger partial charge in [0.2, 0.25) is 5.91 Å². The van der Waals surface area contributed by atoms with Gasteiger partial charge in [0.15, 0.2) is 0 Å². The van der Waals surface area contributed by atoms with Crippen LogP contribution in [0.2, 0.25) is 0 Å². The summed E-state index contributed by atoms with van der Waals surface area (Å²) in [6.07, 6.45) is 7.89. The van der Waals surface area contributed by atoms with E-state index in [1.807, 2.05) is 0 Å². The van der Waals surface area contributed by atoms with Gasteiger partial charge in [-0.3, -0.25) is 14.6 Å². The third-order valence-electron chi connectivity index (χ3n) is 5.22. The van der Waals surface area contributed by atoms with Crippen molar-refractivity contribution >= 4 is 11.8 Å². The number of nitrogens with zero attached hydrogens (tertiary/aromatic N) is 3. The molecule has 1 aliphatic heterocycles. The quantitative estimate of drug-likeness (QED) is 0.790. The number of likely N-dealkylation sites (tertiary alicyclic amines) is 1. The molecular weight excluding hydrogens is 378 g/mol. The number of halogens is 2. The Morgan fingerprint density at radius 2 is 2.07 bits per heavy atom. The van der Waals surface area contributed by atoms with Crippen molar-refractivity contribution in [3.8, 4) is 17.9 Å². The summed E-state index contributed by atoms with van der Waals surface area (Å²) in [4.78, 5) is 29.6. The van der Waals surface area contributed by atoms with Gasteiger partial charge in [-0.15, -0.1) is 0 Å². The van der Waals surface area contributed by atoms with Crippen molar-refractivity contribution < 1.29 is 18.4 Å². The number of alkyl halides is 2. The lowest BCUT2D eigenvalue weighted by molar-refractivity contribution is -0.131. The van der Waals surface area contributed by atoms with Crippen LogP contribution < -0.4 is 5.32 Å². The zero-order chi connectivity index (χ0) is 20.9. The molecule has 2 amide bonds. The Morgan fingerprint density at radius 3 is 2.79 bits per heavy atom. The van der Waals surface area contributed by atoms with Crippen LogP contribution in [0.1, 0.15) is 54.4 Å². The predicted octanol–water partition coefficient (Wildman–Crippen LogP) is 2.50. The van der Waals surface area contributed by atoms with Crippen molar-refractivity contribution in [1.82, 2.24) is 15.2 Å². The van der Waals surface area contributed by atoms with E-state index in [4.69, 9.17) is 5.26 Å². The molecule has 2 heterocycles. The van der Waals surface area contributed by atoms with Crippen molar-refractivity contribution in [3.63, 3.8) is 0 Å². The molecule has 2 aliphatic rings. The Kier molecular flexibility index (Phi) is 6.43. The first-order valence-corrected chi connectivity index (χ1v) is 9.70. The molecule has 152 valence electrons. The van der Waals surface area contributed by atoms with Gasteiger partial charge in [-0.25, -0.2) is 8.78 Å². The van der Waals surface area contributed by atoms with E-state index >= 15 is 0 Å². The molecule has 1 atom stereocenters. The SMILES string of the molecule is N#C[C@@H]1CC(F)(F)CN1C(=O)CNC(=O)c1ccncc1C#CC1CCCCC1. The van der Waals surface area contributed by atoms with E-state index in [1.165, 1.54) is 24.9 Å². The van der Waals surface area contributed by atoms with E-state index in [2.05, 4.69) is 22.1 Å². The molecule has 1 aromatic rings. The molecule has 0 aromatic carbocycles. The number of aromatic nitrogens is 1. The Hall–Kier alpha value is -3.00. The molecule has 0 unspecified atom stereocenters. The first-order valence-electron chi connectivity index (χ1n) is 9.70. The Labute approximate surface area is 168 Å². The van der Waals surface area contributed by atoms with Crippen LogP contribution in [0.4, 0.5) is 8.78 Å². The van der Waals surface area contributed by atoms with E-state index < -0.39 is 43.3 Å². The van der Waals surface area contributed by atoms with Crippen molar-refractivity contribution in [1.29, 1.82) is 5.26 Å². The second kappa shape index (κ2) is 9.00. The summed E-state index contributed by atoms with van der Waals surface area (Å²) in [5, 5.41) is 11.4. The molecule has 1 saturated heterocycles. The number of pyridine rings is 1. The summed E-state index contributed by atoms with van der Waals surface area (Å²) >= 11 is 0. The van der Waals surface area contributed by atoms with Crippen molar-refractivity contribution in [2.45, 2.75) is 50.5 Å². The van der Waals surface area contributed by atoms with Crippen LogP contribution in [-0.4, -0.2) is 46.8 Å². The Bertz CT molecular complexity index is 879. The maximum absolute atomic E-state index is 13.5. The van der Waals surface area contributed by atoms with Crippen molar-refractivity contribution in [2.24, 2.45) is 5.92 Å². The Balaban J connectivity index is 1.63. The third-order valence-corrected chi connectivity index (χ3v) is 5.22.